The molecule has 2 heteroatoms. The van der Waals surface area contributed by atoms with Gasteiger partial charge in [0, 0.05) is 6.42 Å². The highest BCUT2D eigenvalue weighted by Gasteiger charge is 2.14. The third kappa shape index (κ3) is 20.0. The zero-order chi connectivity index (χ0) is 20.0. The lowest BCUT2D eigenvalue weighted by Crippen LogP contribution is -2.18. The van der Waals surface area contributed by atoms with Crippen LogP contribution < -0.4 is 0 Å². The largest absolute Gasteiger partial charge is 0.462 e. The molecule has 0 atom stereocenters. The Morgan fingerprint density at radius 2 is 0.926 bits per heavy atom. The second-order valence-corrected chi connectivity index (χ2v) is 8.39. The molecule has 0 rings (SSSR count). The Labute approximate surface area is 171 Å². The molecule has 0 aromatic carbocycles. The summed E-state index contributed by atoms with van der Waals surface area (Å²) < 4.78 is 5.87. The van der Waals surface area contributed by atoms with Gasteiger partial charge in [0.15, 0.2) is 0 Å². The lowest BCUT2D eigenvalue weighted by Gasteiger charge is -2.18. The first-order valence-corrected chi connectivity index (χ1v) is 12.4. The molecule has 0 saturated heterocycles. The third-order valence-electron chi connectivity index (χ3n) is 5.54. The van der Waals surface area contributed by atoms with Crippen LogP contribution in [-0.2, 0) is 9.53 Å². The molecular formula is C25H50O2. The van der Waals surface area contributed by atoms with Gasteiger partial charge in [-0.25, -0.2) is 0 Å². The van der Waals surface area contributed by atoms with Gasteiger partial charge in [-0.3, -0.25) is 4.79 Å². The number of hydrogen-bond donors (Lipinski definition) is 0. The van der Waals surface area contributed by atoms with Gasteiger partial charge in [0.25, 0.3) is 0 Å². The Morgan fingerprint density at radius 3 is 1.37 bits per heavy atom. The van der Waals surface area contributed by atoms with Crippen LogP contribution in [0, 0.1) is 0 Å². The smallest absolute Gasteiger partial charge is 0.306 e. The SMILES string of the molecule is CCCCCCCCCC(=O)OC(CCCCCCC)CCCCCCC. The maximum atomic E-state index is 12.2. The molecule has 0 aliphatic heterocycles. The zero-order valence-corrected chi connectivity index (χ0v) is 19.0. The van der Waals surface area contributed by atoms with Crippen LogP contribution in [0.5, 0.6) is 0 Å². The van der Waals surface area contributed by atoms with E-state index < -0.39 is 0 Å². The average Bonchev–Trinajstić information content (AvgIpc) is 2.66. The quantitative estimate of drug-likeness (QED) is 0.146. The number of carbonyl (C=O) groups is 1. The highest BCUT2D eigenvalue weighted by molar-refractivity contribution is 5.69. The van der Waals surface area contributed by atoms with Crippen LogP contribution in [-0.4, -0.2) is 12.1 Å². The fourth-order valence-electron chi connectivity index (χ4n) is 3.68. The van der Waals surface area contributed by atoms with E-state index in [0.29, 0.717) is 6.42 Å². The fourth-order valence-corrected chi connectivity index (χ4v) is 3.68. The molecule has 2 nitrogen and oxygen atoms in total. The number of unbranched alkanes of at least 4 members (excludes halogenated alkanes) is 14. The molecule has 0 fully saturated rings. The van der Waals surface area contributed by atoms with Crippen LogP contribution in [0.1, 0.15) is 149 Å². The summed E-state index contributed by atoms with van der Waals surface area (Å²) in [5.74, 6) is 0.0516. The van der Waals surface area contributed by atoms with E-state index in [1.54, 1.807) is 0 Å². The van der Waals surface area contributed by atoms with Crippen molar-refractivity contribution in [3.63, 3.8) is 0 Å². The highest BCUT2D eigenvalue weighted by Crippen LogP contribution is 2.17. The molecule has 0 aromatic rings. The molecule has 0 aromatic heterocycles. The number of ether oxygens (including phenoxy) is 1. The minimum absolute atomic E-state index is 0.0516. The number of hydrogen-bond acceptors (Lipinski definition) is 2. The maximum absolute atomic E-state index is 12.2. The Bertz CT molecular complexity index is 287. The third-order valence-corrected chi connectivity index (χ3v) is 5.54. The maximum Gasteiger partial charge on any atom is 0.306 e. The van der Waals surface area contributed by atoms with Crippen molar-refractivity contribution in [2.24, 2.45) is 0 Å². The lowest BCUT2D eigenvalue weighted by atomic mass is 10.0. The van der Waals surface area contributed by atoms with Gasteiger partial charge in [-0.2, -0.15) is 0 Å². The molecule has 0 bridgehead atoms. The predicted molar refractivity (Wildman–Crippen MR) is 119 cm³/mol. The van der Waals surface area contributed by atoms with E-state index in [0.717, 1.165) is 19.3 Å². The van der Waals surface area contributed by atoms with Crippen molar-refractivity contribution < 1.29 is 9.53 Å². The summed E-state index contributed by atoms with van der Waals surface area (Å²) in [6, 6.07) is 0. The fraction of sp³-hybridized carbons (Fsp3) is 0.960. The van der Waals surface area contributed by atoms with Crippen LogP contribution in [0.25, 0.3) is 0 Å². The lowest BCUT2D eigenvalue weighted by molar-refractivity contribution is -0.150. The summed E-state index contributed by atoms with van der Waals surface area (Å²) in [7, 11) is 0. The highest BCUT2D eigenvalue weighted by atomic mass is 16.5. The molecule has 27 heavy (non-hydrogen) atoms. The summed E-state index contributed by atoms with van der Waals surface area (Å²) in [6.07, 6.45) is 24.6. The van der Waals surface area contributed by atoms with Crippen LogP contribution in [0.3, 0.4) is 0 Å². The minimum atomic E-state index is 0.0516. The van der Waals surface area contributed by atoms with Crippen molar-refractivity contribution in [2.45, 2.75) is 155 Å². The number of rotatable bonds is 21. The summed E-state index contributed by atoms with van der Waals surface area (Å²) >= 11 is 0. The van der Waals surface area contributed by atoms with E-state index in [2.05, 4.69) is 20.8 Å². The molecule has 0 unspecified atom stereocenters. The van der Waals surface area contributed by atoms with Crippen LogP contribution in [0.15, 0.2) is 0 Å². The van der Waals surface area contributed by atoms with Gasteiger partial charge in [0.2, 0.25) is 0 Å². The molecule has 0 heterocycles. The molecule has 0 spiro atoms. The monoisotopic (exact) mass is 382 g/mol. The van der Waals surface area contributed by atoms with Crippen molar-refractivity contribution in [3.8, 4) is 0 Å². The Balaban J connectivity index is 3.93. The molecule has 0 aliphatic carbocycles. The van der Waals surface area contributed by atoms with E-state index >= 15 is 0 Å². The number of carbonyl (C=O) groups excluding carboxylic acids is 1. The predicted octanol–water partition coefficient (Wildman–Crippen LogP) is 8.76. The Hall–Kier alpha value is -0.530. The van der Waals surface area contributed by atoms with Crippen LogP contribution in [0.2, 0.25) is 0 Å². The van der Waals surface area contributed by atoms with Gasteiger partial charge in [-0.05, 0) is 32.1 Å². The molecular weight excluding hydrogens is 332 g/mol. The van der Waals surface area contributed by atoms with Crippen LogP contribution >= 0.6 is 0 Å². The second-order valence-electron chi connectivity index (χ2n) is 8.39. The standard InChI is InChI=1S/C25H50O2/c1-4-7-10-13-14-17-20-23-25(26)27-24(21-18-15-11-8-5-2)22-19-16-12-9-6-3/h24H,4-23H2,1-3H3. The van der Waals surface area contributed by atoms with Gasteiger partial charge in [0.1, 0.15) is 6.10 Å². The Kier molecular flexibility index (Phi) is 21.3. The van der Waals surface area contributed by atoms with Gasteiger partial charge in [-0.15, -0.1) is 0 Å². The van der Waals surface area contributed by atoms with Crippen molar-refractivity contribution in [1.29, 1.82) is 0 Å². The summed E-state index contributed by atoms with van der Waals surface area (Å²) in [6.45, 7) is 6.76. The molecule has 0 aliphatic rings. The molecule has 0 amide bonds. The molecule has 162 valence electrons. The average molecular weight is 383 g/mol. The van der Waals surface area contributed by atoms with E-state index in [4.69, 9.17) is 4.74 Å². The number of esters is 1. The van der Waals surface area contributed by atoms with Gasteiger partial charge in [0.05, 0.1) is 0 Å². The van der Waals surface area contributed by atoms with Crippen LogP contribution in [0.4, 0.5) is 0 Å². The Morgan fingerprint density at radius 1 is 0.556 bits per heavy atom. The first-order chi connectivity index (χ1) is 13.2. The summed E-state index contributed by atoms with van der Waals surface area (Å²) in [5, 5.41) is 0. The van der Waals surface area contributed by atoms with Crippen molar-refractivity contribution >= 4 is 5.97 Å². The van der Waals surface area contributed by atoms with Gasteiger partial charge in [-0.1, -0.05) is 111 Å². The van der Waals surface area contributed by atoms with Crippen molar-refractivity contribution in [1.82, 2.24) is 0 Å². The van der Waals surface area contributed by atoms with E-state index in [-0.39, 0.29) is 12.1 Å². The zero-order valence-electron chi connectivity index (χ0n) is 19.0. The summed E-state index contributed by atoms with van der Waals surface area (Å²) in [4.78, 5) is 12.2. The summed E-state index contributed by atoms with van der Waals surface area (Å²) in [5.41, 5.74) is 0. The second kappa shape index (κ2) is 21.8. The van der Waals surface area contributed by atoms with Crippen molar-refractivity contribution in [2.75, 3.05) is 0 Å². The molecule has 0 N–H and O–H groups in total. The topological polar surface area (TPSA) is 26.3 Å². The molecule has 0 saturated carbocycles. The van der Waals surface area contributed by atoms with E-state index in [1.807, 2.05) is 0 Å². The minimum Gasteiger partial charge on any atom is -0.462 e. The van der Waals surface area contributed by atoms with E-state index in [1.165, 1.54) is 103 Å². The molecule has 0 radical (unpaired) electrons. The first kappa shape index (κ1) is 26.5. The first-order valence-electron chi connectivity index (χ1n) is 12.4. The normalized spacial score (nSPS) is 11.3. The van der Waals surface area contributed by atoms with Gasteiger partial charge >= 0.3 is 5.97 Å². The van der Waals surface area contributed by atoms with Crippen molar-refractivity contribution in [3.05, 3.63) is 0 Å². The van der Waals surface area contributed by atoms with Gasteiger partial charge < -0.3 is 4.74 Å². The van der Waals surface area contributed by atoms with E-state index in [9.17, 15) is 4.79 Å².